The summed E-state index contributed by atoms with van der Waals surface area (Å²) in [6.45, 7) is 0. The van der Waals surface area contributed by atoms with Crippen LogP contribution in [0.15, 0.2) is 24.4 Å². The van der Waals surface area contributed by atoms with E-state index in [-0.39, 0.29) is 0 Å². The summed E-state index contributed by atoms with van der Waals surface area (Å²) in [6, 6.07) is 3.81. The molecule has 1 aromatic heterocycles. The molecule has 3 nitrogen and oxygen atoms in total. The van der Waals surface area contributed by atoms with Crippen LogP contribution in [-0.2, 0) is 4.79 Å². The van der Waals surface area contributed by atoms with Crippen molar-refractivity contribution in [2.45, 2.75) is 19.3 Å². The summed E-state index contributed by atoms with van der Waals surface area (Å²) in [4.78, 5) is 15.1. The molecule has 0 spiro atoms. The van der Waals surface area contributed by atoms with Gasteiger partial charge in [0.05, 0.1) is 0 Å². The summed E-state index contributed by atoms with van der Waals surface area (Å²) < 4.78 is 0. The monoisotopic (exact) mass is 188 g/mol. The highest BCUT2D eigenvalue weighted by Crippen LogP contribution is 2.27. The Kier molecular flexibility index (Phi) is 2.31. The first-order valence-corrected chi connectivity index (χ1v) is 4.69. The molecular weight excluding hydrogens is 176 g/mol. The van der Waals surface area contributed by atoms with E-state index in [1.165, 1.54) is 0 Å². The number of Topliss-reactive ketones (excluding diaryl/α,β-unsaturated/α-hetero) is 1. The molecule has 1 aliphatic carbocycles. The lowest BCUT2D eigenvalue weighted by atomic mass is 9.93. The second-order valence-corrected chi connectivity index (χ2v) is 3.41. The molecule has 1 aromatic rings. The number of pyridine rings is 1. The molecule has 0 fully saturated rings. The van der Waals surface area contributed by atoms with Crippen molar-refractivity contribution in [3.05, 3.63) is 30.0 Å². The second kappa shape index (κ2) is 3.62. The van der Waals surface area contributed by atoms with Crippen LogP contribution < -0.4 is 5.73 Å². The first kappa shape index (κ1) is 8.94. The van der Waals surface area contributed by atoms with Gasteiger partial charge in [-0.1, -0.05) is 6.08 Å². The lowest BCUT2D eigenvalue weighted by Gasteiger charge is -2.13. The summed E-state index contributed by atoms with van der Waals surface area (Å²) in [5, 5.41) is 0. The number of nitrogen functional groups attached to an aromatic ring is 1. The van der Waals surface area contributed by atoms with Crippen LogP contribution in [0.4, 0.5) is 5.82 Å². The molecule has 14 heavy (non-hydrogen) atoms. The fourth-order valence-electron chi connectivity index (χ4n) is 1.65. The quantitative estimate of drug-likeness (QED) is 0.731. The second-order valence-electron chi connectivity index (χ2n) is 3.41. The van der Waals surface area contributed by atoms with Crippen molar-refractivity contribution < 1.29 is 4.79 Å². The number of carbonyl (C=O) groups excluding carboxylic acids is 1. The van der Waals surface area contributed by atoms with Crippen LogP contribution >= 0.6 is 0 Å². The van der Waals surface area contributed by atoms with Gasteiger partial charge in [-0.05, 0) is 24.1 Å². The number of ketones is 1. The Hall–Kier alpha value is -1.64. The molecule has 0 aliphatic heterocycles. The minimum atomic E-state index is 0.302. The number of hydrogen-bond donors (Lipinski definition) is 1. The van der Waals surface area contributed by atoms with E-state index in [2.05, 4.69) is 4.98 Å². The first-order valence-electron chi connectivity index (χ1n) is 4.69. The fraction of sp³-hybridized carbons (Fsp3) is 0.273. The highest BCUT2D eigenvalue weighted by atomic mass is 16.1. The van der Waals surface area contributed by atoms with E-state index in [4.69, 9.17) is 5.73 Å². The third-order valence-electron chi connectivity index (χ3n) is 2.43. The number of nitrogens with two attached hydrogens (primary N) is 1. The zero-order chi connectivity index (χ0) is 9.97. The Morgan fingerprint density at radius 2 is 2.21 bits per heavy atom. The molecule has 2 N–H and O–H groups in total. The molecule has 1 heterocycles. The van der Waals surface area contributed by atoms with Crippen molar-refractivity contribution in [3.8, 4) is 0 Å². The number of nitrogens with zero attached hydrogens (tertiary/aromatic N) is 1. The van der Waals surface area contributed by atoms with Gasteiger partial charge in [0.15, 0.2) is 0 Å². The van der Waals surface area contributed by atoms with Crippen LogP contribution in [0.2, 0.25) is 0 Å². The van der Waals surface area contributed by atoms with Gasteiger partial charge in [-0.2, -0.15) is 0 Å². The third-order valence-corrected chi connectivity index (χ3v) is 2.43. The standard InChI is InChI=1S/C11H12N2O/c12-11-10(2-1-7-13-11)8-3-5-9(14)6-4-8/h1-3,7H,4-6H2,(H2,12,13). The van der Waals surface area contributed by atoms with E-state index in [1.54, 1.807) is 6.20 Å². The van der Waals surface area contributed by atoms with Crippen LogP contribution in [0.3, 0.4) is 0 Å². The lowest BCUT2D eigenvalue weighted by Crippen LogP contribution is -2.05. The van der Waals surface area contributed by atoms with Crippen molar-refractivity contribution in [1.82, 2.24) is 4.98 Å². The van der Waals surface area contributed by atoms with E-state index >= 15 is 0 Å². The van der Waals surface area contributed by atoms with Crippen LogP contribution in [0, 0.1) is 0 Å². The normalized spacial score (nSPS) is 16.6. The highest BCUT2D eigenvalue weighted by molar-refractivity contribution is 5.88. The first-order chi connectivity index (χ1) is 6.77. The predicted molar refractivity (Wildman–Crippen MR) is 55.5 cm³/mol. The Morgan fingerprint density at radius 3 is 2.86 bits per heavy atom. The summed E-state index contributed by atoms with van der Waals surface area (Å²) in [6.07, 6.45) is 5.57. The molecule has 0 saturated carbocycles. The molecule has 72 valence electrons. The van der Waals surface area contributed by atoms with Crippen LogP contribution in [0.25, 0.3) is 5.57 Å². The Balaban J connectivity index is 2.32. The molecule has 0 radical (unpaired) electrons. The summed E-state index contributed by atoms with van der Waals surface area (Å²) in [5.41, 5.74) is 7.87. The molecule has 1 aliphatic rings. The molecule has 3 heteroatoms. The van der Waals surface area contributed by atoms with E-state index in [0.29, 0.717) is 24.4 Å². The Bertz CT molecular complexity index is 396. The summed E-state index contributed by atoms with van der Waals surface area (Å²) >= 11 is 0. The maximum Gasteiger partial charge on any atom is 0.137 e. The molecule has 0 aromatic carbocycles. The molecule has 2 rings (SSSR count). The van der Waals surface area contributed by atoms with Gasteiger partial charge in [0.2, 0.25) is 0 Å². The zero-order valence-electron chi connectivity index (χ0n) is 7.86. The lowest BCUT2D eigenvalue weighted by molar-refractivity contribution is -0.118. The van der Waals surface area contributed by atoms with Gasteiger partial charge in [0.1, 0.15) is 11.6 Å². The highest BCUT2D eigenvalue weighted by Gasteiger charge is 2.13. The van der Waals surface area contributed by atoms with Gasteiger partial charge in [0.25, 0.3) is 0 Å². The van der Waals surface area contributed by atoms with Crippen LogP contribution in [-0.4, -0.2) is 10.8 Å². The SMILES string of the molecule is Nc1ncccc1C1=CCC(=O)CC1. The van der Waals surface area contributed by atoms with Crippen molar-refractivity contribution >= 4 is 17.2 Å². The number of aromatic nitrogens is 1. The number of allylic oxidation sites excluding steroid dienone is 2. The van der Waals surface area contributed by atoms with Gasteiger partial charge >= 0.3 is 0 Å². The molecular formula is C11H12N2O. The topological polar surface area (TPSA) is 56.0 Å². The predicted octanol–water partition coefficient (Wildman–Crippen LogP) is 1.80. The van der Waals surface area contributed by atoms with Gasteiger partial charge in [-0.25, -0.2) is 4.98 Å². The van der Waals surface area contributed by atoms with E-state index in [9.17, 15) is 4.79 Å². The minimum absolute atomic E-state index is 0.302. The van der Waals surface area contributed by atoms with E-state index in [1.807, 2.05) is 18.2 Å². The van der Waals surface area contributed by atoms with Crippen LogP contribution in [0.5, 0.6) is 0 Å². The smallest absolute Gasteiger partial charge is 0.137 e. The summed E-state index contributed by atoms with van der Waals surface area (Å²) in [7, 11) is 0. The largest absolute Gasteiger partial charge is 0.383 e. The number of rotatable bonds is 1. The van der Waals surface area contributed by atoms with Crippen molar-refractivity contribution in [3.63, 3.8) is 0 Å². The number of hydrogen-bond acceptors (Lipinski definition) is 3. The molecule has 0 unspecified atom stereocenters. The minimum Gasteiger partial charge on any atom is -0.383 e. The van der Waals surface area contributed by atoms with Gasteiger partial charge in [0, 0.05) is 24.6 Å². The van der Waals surface area contributed by atoms with Gasteiger partial charge in [-0.3, -0.25) is 4.79 Å². The van der Waals surface area contributed by atoms with Gasteiger partial charge < -0.3 is 5.73 Å². The molecule has 0 atom stereocenters. The fourth-order valence-corrected chi connectivity index (χ4v) is 1.65. The average Bonchev–Trinajstić information content (AvgIpc) is 2.20. The van der Waals surface area contributed by atoms with E-state index in [0.717, 1.165) is 17.6 Å². The molecule has 0 amide bonds. The molecule has 0 bridgehead atoms. The Morgan fingerprint density at radius 1 is 1.36 bits per heavy atom. The maximum atomic E-state index is 11.0. The third kappa shape index (κ3) is 1.66. The summed E-state index contributed by atoms with van der Waals surface area (Å²) in [5.74, 6) is 0.851. The number of carbonyl (C=O) groups is 1. The van der Waals surface area contributed by atoms with Crippen LogP contribution in [0.1, 0.15) is 24.8 Å². The molecule has 0 saturated heterocycles. The Labute approximate surface area is 82.6 Å². The van der Waals surface area contributed by atoms with Crippen molar-refractivity contribution in [2.24, 2.45) is 0 Å². The van der Waals surface area contributed by atoms with E-state index < -0.39 is 0 Å². The average molecular weight is 188 g/mol. The maximum absolute atomic E-state index is 11.0. The van der Waals surface area contributed by atoms with Crippen molar-refractivity contribution in [2.75, 3.05) is 5.73 Å². The number of anilines is 1. The van der Waals surface area contributed by atoms with Gasteiger partial charge in [-0.15, -0.1) is 0 Å². The van der Waals surface area contributed by atoms with Crippen molar-refractivity contribution in [1.29, 1.82) is 0 Å². The zero-order valence-corrected chi connectivity index (χ0v) is 7.86.